The van der Waals surface area contributed by atoms with Gasteiger partial charge in [0.2, 0.25) is 5.78 Å². The maximum atomic E-state index is 12.6. The molecular formula is C21H27NO6. The number of nitrogens with zero attached hydrogens (tertiary/aromatic N) is 1. The number of hydrogen-bond donors (Lipinski definition) is 0. The number of carbonyl (C=O) groups excluding carboxylic acids is 2. The summed E-state index contributed by atoms with van der Waals surface area (Å²) in [4.78, 5) is 25.0. The summed E-state index contributed by atoms with van der Waals surface area (Å²) in [6.45, 7) is 4.92. The summed E-state index contributed by atoms with van der Waals surface area (Å²) in [5.41, 5.74) is 2.64. The first-order valence-corrected chi connectivity index (χ1v) is 9.01. The summed E-state index contributed by atoms with van der Waals surface area (Å²) in [5.74, 6) is 0.0205. The van der Waals surface area contributed by atoms with E-state index in [1.54, 1.807) is 25.3 Å². The van der Waals surface area contributed by atoms with Crippen LogP contribution in [0.5, 0.6) is 11.5 Å². The number of aromatic nitrogens is 1. The molecule has 1 aromatic carbocycles. The summed E-state index contributed by atoms with van der Waals surface area (Å²) >= 11 is 0. The van der Waals surface area contributed by atoms with Crippen molar-refractivity contribution in [3.8, 4) is 11.5 Å². The molecule has 0 aliphatic carbocycles. The Labute approximate surface area is 165 Å². The van der Waals surface area contributed by atoms with Crippen LogP contribution in [-0.2, 0) is 16.0 Å². The van der Waals surface area contributed by atoms with Crippen LogP contribution in [0.3, 0.4) is 0 Å². The molecular weight excluding hydrogens is 362 g/mol. The molecule has 1 aromatic heterocycles. The minimum atomic E-state index is -0.623. The van der Waals surface area contributed by atoms with Gasteiger partial charge in [-0.05, 0) is 38.5 Å². The minimum absolute atomic E-state index is 0.237. The van der Waals surface area contributed by atoms with Gasteiger partial charge in [0.05, 0.1) is 14.2 Å². The predicted molar refractivity (Wildman–Crippen MR) is 105 cm³/mol. The Morgan fingerprint density at radius 1 is 1.00 bits per heavy atom. The topological polar surface area (TPSA) is 76.0 Å². The van der Waals surface area contributed by atoms with E-state index in [1.165, 1.54) is 14.2 Å². The lowest BCUT2D eigenvalue weighted by atomic mass is 10.1. The van der Waals surface area contributed by atoms with Gasteiger partial charge in [-0.1, -0.05) is 0 Å². The number of esters is 1. The zero-order valence-electron chi connectivity index (χ0n) is 17.0. The highest BCUT2D eigenvalue weighted by atomic mass is 16.5. The van der Waals surface area contributed by atoms with Crippen molar-refractivity contribution in [2.24, 2.45) is 0 Å². The fourth-order valence-electron chi connectivity index (χ4n) is 3.05. The van der Waals surface area contributed by atoms with Gasteiger partial charge < -0.3 is 23.5 Å². The number of hydrogen-bond acceptors (Lipinski definition) is 6. The second-order valence-electron chi connectivity index (χ2n) is 6.35. The Kier molecular flexibility index (Phi) is 7.63. The summed E-state index contributed by atoms with van der Waals surface area (Å²) in [6.07, 6.45) is 0.854. The third-order valence-electron chi connectivity index (χ3n) is 4.57. The largest absolute Gasteiger partial charge is 0.497 e. The average Bonchev–Trinajstić information content (AvgIpc) is 2.99. The van der Waals surface area contributed by atoms with Crippen LogP contribution in [0, 0.1) is 13.8 Å². The van der Waals surface area contributed by atoms with Crippen LogP contribution < -0.4 is 9.47 Å². The standard InChI is InChI=1S/C21H27NO6/c1-14-11-18(15(2)22(14)9-6-10-25-3)19(23)13-28-21(24)17-8-7-16(26-4)12-20(17)27-5/h7-8,11-12H,6,9-10,13H2,1-5H3. The molecule has 0 aliphatic heterocycles. The molecule has 2 rings (SSSR count). The van der Waals surface area contributed by atoms with Crippen molar-refractivity contribution in [2.75, 3.05) is 34.5 Å². The molecule has 0 saturated heterocycles. The number of methoxy groups -OCH3 is 3. The van der Waals surface area contributed by atoms with Crippen molar-refractivity contribution < 1.29 is 28.5 Å². The molecule has 152 valence electrons. The van der Waals surface area contributed by atoms with Crippen LogP contribution in [0.1, 0.15) is 38.5 Å². The molecule has 0 fully saturated rings. The quantitative estimate of drug-likeness (QED) is 0.353. The number of benzene rings is 1. The Hall–Kier alpha value is -2.80. The molecule has 0 bridgehead atoms. The number of rotatable bonds is 10. The van der Waals surface area contributed by atoms with Gasteiger partial charge in [-0.15, -0.1) is 0 Å². The van der Waals surface area contributed by atoms with Gasteiger partial charge in [0.25, 0.3) is 0 Å². The van der Waals surface area contributed by atoms with Crippen LogP contribution in [0.2, 0.25) is 0 Å². The van der Waals surface area contributed by atoms with Crippen molar-refractivity contribution in [1.29, 1.82) is 0 Å². The van der Waals surface area contributed by atoms with Crippen molar-refractivity contribution in [2.45, 2.75) is 26.8 Å². The van der Waals surface area contributed by atoms with Crippen LogP contribution in [0.25, 0.3) is 0 Å². The van der Waals surface area contributed by atoms with E-state index in [0.29, 0.717) is 23.7 Å². The van der Waals surface area contributed by atoms with E-state index in [9.17, 15) is 9.59 Å². The maximum absolute atomic E-state index is 12.6. The Morgan fingerprint density at radius 2 is 1.75 bits per heavy atom. The average molecular weight is 389 g/mol. The number of aryl methyl sites for hydroxylation is 1. The number of ketones is 1. The van der Waals surface area contributed by atoms with Gasteiger partial charge >= 0.3 is 5.97 Å². The molecule has 0 atom stereocenters. The van der Waals surface area contributed by atoms with Gasteiger partial charge in [-0.25, -0.2) is 4.79 Å². The van der Waals surface area contributed by atoms with E-state index >= 15 is 0 Å². The van der Waals surface area contributed by atoms with Crippen molar-refractivity contribution in [3.05, 3.63) is 46.8 Å². The second-order valence-corrected chi connectivity index (χ2v) is 6.35. The van der Waals surface area contributed by atoms with E-state index in [-0.39, 0.29) is 18.0 Å². The molecule has 7 heteroatoms. The number of ether oxygens (including phenoxy) is 4. The highest BCUT2D eigenvalue weighted by molar-refractivity contribution is 6.01. The minimum Gasteiger partial charge on any atom is -0.497 e. The first-order valence-electron chi connectivity index (χ1n) is 9.01. The van der Waals surface area contributed by atoms with E-state index < -0.39 is 5.97 Å². The molecule has 0 saturated carbocycles. The Morgan fingerprint density at radius 3 is 2.39 bits per heavy atom. The van der Waals surface area contributed by atoms with E-state index in [1.807, 2.05) is 19.9 Å². The van der Waals surface area contributed by atoms with Crippen molar-refractivity contribution in [3.63, 3.8) is 0 Å². The first-order chi connectivity index (χ1) is 13.4. The predicted octanol–water partition coefficient (Wildman–Crippen LogP) is 3.20. The normalized spacial score (nSPS) is 10.6. The molecule has 28 heavy (non-hydrogen) atoms. The van der Waals surface area contributed by atoms with Gasteiger partial charge in [0.1, 0.15) is 17.1 Å². The monoisotopic (exact) mass is 389 g/mol. The van der Waals surface area contributed by atoms with Gasteiger partial charge in [0.15, 0.2) is 6.61 Å². The number of carbonyl (C=O) groups is 2. The fraction of sp³-hybridized carbons (Fsp3) is 0.429. The lowest BCUT2D eigenvalue weighted by molar-refractivity contribution is 0.0471. The summed E-state index contributed by atoms with van der Waals surface area (Å²) in [7, 11) is 4.64. The third-order valence-corrected chi connectivity index (χ3v) is 4.57. The first kappa shape index (κ1) is 21.5. The van der Waals surface area contributed by atoms with Crippen molar-refractivity contribution in [1.82, 2.24) is 4.57 Å². The zero-order chi connectivity index (χ0) is 20.7. The van der Waals surface area contributed by atoms with Crippen LogP contribution in [-0.4, -0.2) is 50.9 Å². The summed E-state index contributed by atoms with van der Waals surface area (Å²) in [6, 6.07) is 6.60. The van der Waals surface area contributed by atoms with Gasteiger partial charge in [-0.3, -0.25) is 4.79 Å². The molecule has 7 nitrogen and oxygen atoms in total. The van der Waals surface area contributed by atoms with E-state index in [0.717, 1.165) is 24.4 Å². The Balaban J connectivity index is 2.06. The van der Waals surface area contributed by atoms with Crippen LogP contribution >= 0.6 is 0 Å². The highest BCUT2D eigenvalue weighted by Crippen LogP contribution is 2.25. The molecule has 0 radical (unpaired) electrons. The van der Waals surface area contributed by atoms with Crippen molar-refractivity contribution >= 4 is 11.8 Å². The molecule has 0 spiro atoms. The zero-order valence-corrected chi connectivity index (χ0v) is 17.0. The summed E-state index contributed by atoms with van der Waals surface area (Å²) < 4.78 is 22.7. The molecule has 0 unspecified atom stereocenters. The molecule has 0 amide bonds. The Bertz CT molecular complexity index is 840. The second kappa shape index (κ2) is 9.94. The van der Waals surface area contributed by atoms with E-state index in [2.05, 4.69) is 4.57 Å². The summed E-state index contributed by atoms with van der Waals surface area (Å²) in [5, 5.41) is 0. The van der Waals surface area contributed by atoms with Gasteiger partial charge in [-0.2, -0.15) is 0 Å². The van der Waals surface area contributed by atoms with Crippen LogP contribution in [0.15, 0.2) is 24.3 Å². The highest BCUT2D eigenvalue weighted by Gasteiger charge is 2.20. The lowest BCUT2D eigenvalue weighted by Crippen LogP contribution is -2.16. The fourth-order valence-corrected chi connectivity index (χ4v) is 3.05. The van der Waals surface area contributed by atoms with Crippen LogP contribution in [0.4, 0.5) is 0 Å². The molecule has 1 heterocycles. The van der Waals surface area contributed by atoms with Gasteiger partial charge in [0, 0.05) is 43.3 Å². The molecule has 2 aromatic rings. The maximum Gasteiger partial charge on any atom is 0.342 e. The third kappa shape index (κ3) is 4.92. The van der Waals surface area contributed by atoms with E-state index in [4.69, 9.17) is 18.9 Å². The lowest BCUT2D eigenvalue weighted by Gasteiger charge is -2.11. The number of Topliss-reactive ketones (excluding diaryl/α,β-unsaturated/α-hetero) is 1. The molecule has 0 aliphatic rings. The molecule has 0 N–H and O–H groups in total. The smallest absolute Gasteiger partial charge is 0.342 e. The SMILES string of the molecule is COCCCn1c(C)cc(C(=O)COC(=O)c2ccc(OC)cc2OC)c1C.